The summed E-state index contributed by atoms with van der Waals surface area (Å²) >= 11 is 0. The van der Waals surface area contributed by atoms with E-state index >= 15 is 0 Å². The predicted octanol–water partition coefficient (Wildman–Crippen LogP) is 32.6. The second-order valence-electron chi connectivity index (χ2n) is 37.0. The third kappa shape index (κ3) is 12.3. The van der Waals surface area contributed by atoms with E-state index in [4.69, 9.17) is 29.9 Å². The first kappa shape index (κ1) is 77.1. The fourth-order valence-corrected chi connectivity index (χ4v) is 22.1. The van der Waals surface area contributed by atoms with Crippen LogP contribution in [0.15, 0.2) is 413 Å². The third-order valence-corrected chi connectivity index (χ3v) is 28.5. The van der Waals surface area contributed by atoms with Gasteiger partial charge >= 0.3 is 0 Å². The topological polar surface area (TPSA) is 77.3 Å². The van der Waals surface area contributed by atoms with Gasteiger partial charge in [0.1, 0.15) is 0 Å². The molecule has 21 aromatic carbocycles. The van der Waals surface area contributed by atoms with Crippen molar-refractivity contribution in [2.45, 2.75) is 57.8 Å². The maximum absolute atomic E-state index is 5.32. The quantitative estimate of drug-likeness (QED) is 0.134. The first-order valence-electron chi connectivity index (χ1n) is 45.5. The molecule has 0 aliphatic heterocycles. The molecule has 0 bridgehead atoms. The van der Waals surface area contributed by atoms with Crippen molar-refractivity contribution in [2.24, 2.45) is 0 Å². The molecular weight excluding hydrogens is 1590 g/mol. The van der Waals surface area contributed by atoms with Crippen LogP contribution in [0.1, 0.15) is 74.9 Å². The number of fused-ring (bicyclic) bond motifs is 15. The van der Waals surface area contributed by atoms with E-state index < -0.39 is 0 Å². The molecule has 0 atom stereocenters. The van der Waals surface area contributed by atoms with Crippen LogP contribution >= 0.6 is 0 Å². The standard InChI is InChI=1S/C43H30N2.2C41H28N2/c1-43(2)38-19-11-10-18-36(38)41-39(43)40(44-42(45-41)29-12-4-3-5-13-29)28-22-20-27(21-23-28)30-24-25-35-33-16-7-6-14-31(33)32-15-8-9-17-34(32)37(35)26-30;1-41(2)34-24-30(31-21-18-27-17-16-25-14-9-15-26-19-22-32(31)36(27)35(25)26)20-23-33(34)39-37(41)38(28-10-5-3-6-11-28)42-40(43-39)29-12-7-4-8-13-29;1-41(2)34-17-7-6-16-33(34)39-37(41)38(42-40(43-39)28-10-4-3-5-11-28)30-15-9-14-29(24-30)31-22-20-27-19-18-25-12-8-13-26-21-23-32(31)36(27)35(25)26/h3-26H,1-2H3;2*3-24H,1-2H3. The summed E-state index contributed by atoms with van der Waals surface area (Å²) in [5.74, 6) is 2.28. The Morgan fingerprint density at radius 3 is 0.893 bits per heavy atom. The molecule has 0 radical (unpaired) electrons. The monoisotopic (exact) mass is 1670 g/mol. The van der Waals surface area contributed by atoms with Gasteiger partial charge in [0.15, 0.2) is 17.5 Å². The van der Waals surface area contributed by atoms with Gasteiger partial charge in [-0.05, 0) is 165 Å². The lowest BCUT2D eigenvalue weighted by atomic mass is 9.79. The molecule has 0 amide bonds. The SMILES string of the molecule is CC1(C)c2cc(-c3ccc4ccc5cccc6ccc3c4c56)ccc2-c2nc(-c3ccccc3)nc(-c3ccccc3)c21.CC1(C)c2ccccc2-c2nc(-c3ccccc3)nc(-c3ccc(-c4ccc5c6ccccc6c6ccccc6c5c4)cc3)c21.CC1(C)c2ccccc2-c2nc(-c3ccccc3)nc(-c3cccc(-c4ccc5ccc6cccc7ccc4c5c67)c3)c21. The summed E-state index contributed by atoms with van der Waals surface area (Å²) in [5, 5.41) is 23.4. The molecule has 27 rings (SSSR count). The van der Waals surface area contributed by atoms with E-state index in [0.717, 1.165) is 85.0 Å². The van der Waals surface area contributed by atoms with Gasteiger partial charge < -0.3 is 0 Å². The normalized spacial score (nSPS) is 13.5. The number of hydrogen-bond donors (Lipinski definition) is 0. The highest BCUT2D eigenvalue weighted by Crippen LogP contribution is 2.57. The molecule has 6 heteroatoms. The lowest BCUT2D eigenvalue weighted by molar-refractivity contribution is 0.657. The van der Waals surface area contributed by atoms with Gasteiger partial charge in [-0.15, -0.1) is 0 Å². The molecule has 0 unspecified atom stereocenters. The summed E-state index contributed by atoms with van der Waals surface area (Å²) in [5.41, 5.74) is 30.2. The Labute approximate surface area is 760 Å². The van der Waals surface area contributed by atoms with Crippen molar-refractivity contribution >= 4 is 97.0 Å². The molecule has 0 saturated carbocycles. The summed E-state index contributed by atoms with van der Waals surface area (Å²) in [7, 11) is 0. The molecule has 0 saturated heterocycles. The van der Waals surface area contributed by atoms with Crippen LogP contribution in [-0.2, 0) is 16.2 Å². The lowest BCUT2D eigenvalue weighted by Gasteiger charge is -2.24. The summed E-state index contributed by atoms with van der Waals surface area (Å²) in [6, 6.07) is 149. The van der Waals surface area contributed by atoms with Crippen LogP contribution in [0.25, 0.3) is 232 Å². The minimum Gasteiger partial charge on any atom is -0.228 e. The Balaban J connectivity index is 0.000000106. The van der Waals surface area contributed by atoms with E-state index in [-0.39, 0.29) is 16.2 Å². The summed E-state index contributed by atoms with van der Waals surface area (Å²) in [4.78, 5) is 31.4. The van der Waals surface area contributed by atoms with E-state index in [1.165, 1.54) is 180 Å². The number of rotatable bonds is 9. The molecule has 0 N–H and O–H groups in total. The van der Waals surface area contributed by atoms with Gasteiger partial charge in [-0.2, -0.15) is 0 Å². The van der Waals surface area contributed by atoms with Gasteiger partial charge in [0, 0.05) is 83.0 Å². The number of aromatic nitrogens is 6. The van der Waals surface area contributed by atoms with Crippen LogP contribution in [0.4, 0.5) is 0 Å². The molecule has 3 aliphatic rings. The average Bonchev–Trinajstić information content (AvgIpc) is 1.61. The Kier molecular flexibility index (Phi) is 17.6. The van der Waals surface area contributed by atoms with Crippen LogP contribution in [0.2, 0.25) is 0 Å². The zero-order valence-corrected chi connectivity index (χ0v) is 73.4. The van der Waals surface area contributed by atoms with Gasteiger partial charge in [-0.1, -0.05) is 436 Å². The fraction of sp³-hybridized carbons (Fsp3) is 0.0720. The Hall–Kier alpha value is -16.3. The minimum atomic E-state index is -0.273. The van der Waals surface area contributed by atoms with Crippen molar-refractivity contribution in [1.29, 1.82) is 0 Å². The lowest BCUT2D eigenvalue weighted by Crippen LogP contribution is -2.17. The van der Waals surface area contributed by atoms with Crippen LogP contribution in [0, 0.1) is 0 Å². The zero-order chi connectivity index (χ0) is 87.5. The van der Waals surface area contributed by atoms with Crippen molar-refractivity contribution in [3.63, 3.8) is 0 Å². The molecular formula is C125H86N6. The highest BCUT2D eigenvalue weighted by atomic mass is 14.9. The van der Waals surface area contributed by atoms with Crippen LogP contribution in [0.3, 0.4) is 0 Å². The van der Waals surface area contributed by atoms with E-state index in [1.54, 1.807) is 0 Å². The van der Waals surface area contributed by atoms with Gasteiger partial charge in [-0.25, -0.2) is 29.9 Å². The first-order valence-corrected chi connectivity index (χ1v) is 45.5. The van der Waals surface area contributed by atoms with Crippen LogP contribution in [-0.4, -0.2) is 29.9 Å². The maximum atomic E-state index is 5.32. The average molecular weight is 1670 g/mol. The summed E-state index contributed by atoms with van der Waals surface area (Å²) in [6.07, 6.45) is 0. The fourth-order valence-electron chi connectivity index (χ4n) is 22.1. The first-order chi connectivity index (χ1) is 64.2. The Bertz CT molecular complexity index is 8710. The van der Waals surface area contributed by atoms with Crippen molar-refractivity contribution in [1.82, 2.24) is 29.9 Å². The Morgan fingerprint density at radius 2 is 0.435 bits per heavy atom. The van der Waals surface area contributed by atoms with Gasteiger partial charge in [0.2, 0.25) is 0 Å². The predicted molar refractivity (Wildman–Crippen MR) is 548 cm³/mol. The molecule has 6 nitrogen and oxygen atoms in total. The zero-order valence-electron chi connectivity index (χ0n) is 73.4. The second-order valence-corrected chi connectivity index (χ2v) is 37.0. The van der Waals surface area contributed by atoms with Crippen LogP contribution < -0.4 is 0 Å². The largest absolute Gasteiger partial charge is 0.228 e. The van der Waals surface area contributed by atoms with Crippen molar-refractivity contribution in [3.8, 4) is 135 Å². The second kappa shape index (κ2) is 29.9. The van der Waals surface area contributed by atoms with Crippen molar-refractivity contribution in [3.05, 3.63) is 446 Å². The highest BCUT2D eigenvalue weighted by molar-refractivity contribution is 6.28. The summed E-state index contributed by atoms with van der Waals surface area (Å²) < 4.78 is 0. The molecule has 3 aromatic heterocycles. The van der Waals surface area contributed by atoms with Gasteiger partial charge in [0.25, 0.3) is 0 Å². The number of nitrogens with zero attached hydrogens (tertiary/aromatic N) is 6. The highest BCUT2D eigenvalue weighted by Gasteiger charge is 2.44. The van der Waals surface area contributed by atoms with E-state index in [2.05, 4.69) is 424 Å². The maximum Gasteiger partial charge on any atom is 0.160 e. The molecule has 131 heavy (non-hydrogen) atoms. The smallest absolute Gasteiger partial charge is 0.160 e. The number of hydrogen-bond acceptors (Lipinski definition) is 6. The molecule has 0 spiro atoms. The molecule has 3 aliphatic carbocycles. The Morgan fingerprint density at radius 1 is 0.153 bits per heavy atom. The van der Waals surface area contributed by atoms with Crippen molar-refractivity contribution in [2.75, 3.05) is 0 Å². The van der Waals surface area contributed by atoms with Gasteiger partial charge in [0.05, 0.1) is 34.2 Å². The van der Waals surface area contributed by atoms with Crippen molar-refractivity contribution < 1.29 is 0 Å². The van der Waals surface area contributed by atoms with E-state index in [1.807, 2.05) is 30.3 Å². The number of benzene rings is 21. The minimum absolute atomic E-state index is 0.211. The van der Waals surface area contributed by atoms with E-state index in [0.29, 0.717) is 0 Å². The summed E-state index contributed by atoms with van der Waals surface area (Å²) in [6.45, 7) is 13.8. The molecule has 3 heterocycles. The molecule has 0 fully saturated rings. The van der Waals surface area contributed by atoms with Crippen LogP contribution in [0.5, 0.6) is 0 Å². The third-order valence-electron chi connectivity index (χ3n) is 28.5. The molecule has 24 aromatic rings. The van der Waals surface area contributed by atoms with Gasteiger partial charge in [-0.3, -0.25) is 0 Å². The van der Waals surface area contributed by atoms with E-state index in [9.17, 15) is 0 Å². The molecule has 616 valence electrons.